The van der Waals surface area contributed by atoms with Gasteiger partial charge in [0.15, 0.2) is 6.61 Å². The van der Waals surface area contributed by atoms with Crippen LogP contribution in [0.5, 0.6) is 5.75 Å². The first-order chi connectivity index (χ1) is 19.2. The monoisotopic (exact) mass is 540 g/mol. The lowest BCUT2D eigenvalue weighted by atomic mass is 9.87. The zero-order valence-electron chi connectivity index (χ0n) is 24.5. The zero-order chi connectivity index (χ0) is 28.5. The first kappa shape index (κ1) is 29.4. The largest absolute Gasteiger partial charge is 0.484 e. The molecule has 0 bridgehead atoms. The van der Waals surface area contributed by atoms with Gasteiger partial charge in [0, 0.05) is 19.0 Å². The van der Waals surface area contributed by atoms with Crippen LogP contribution in [0.4, 0.5) is 0 Å². The summed E-state index contributed by atoms with van der Waals surface area (Å²) in [7, 11) is 0. The number of amides is 2. The van der Waals surface area contributed by atoms with Gasteiger partial charge in [-0.05, 0) is 54.0 Å². The van der Waals surface area contributed by atoms with Crippen molar-refractivity contribution in [1.82, 2.24) is 10.2 Å². The zero-order valence-corrected chi connectivity index (χ0v) is 24.5. The van der Waals surface area contributed by atoms with E-state index in [-0.39, 0.29) is 29.9 Å². The minimum Gasteiger partial charge on any atom is -0.484 e. The average molecular weight is 541 g/mol. The highest BCUT2D eigenvalue weighted by atomic mass is 16.5. The predicted molar refractivity (Wildman–Crippen MR) is 161 cm³/mol. The summed E-state index contributed by atoms with van der Waals surface area (Å²) in [5, 5.41) is 3.29. The first-order valence-electron chi connectivity index (χ1n) is 14.6. The van der Waals surface area contributed by atoms with E-state index >= 15 is 0 Å². The topological polar surface area (TPSA) is 58.6 Å². The van der Waals surface area contributed by atoms with Crippen LogP contribution in [-0.2, 0) is 28.0 Å². The third-order valence-corrected chi connectivity index (χ3v) is 7.74. The number of carbonyl (C=O) groups excluding carboxylic acids is 2. The Bertz CT molecular complexity index is 1240. The minimum atomic E-state index is -0.649. The lowest BCUT2D eigenvalue weighted by Crippen LogP contribution is -2.53. The Labute approximate surface area is 239 Å². The van der Waals surface area contributed by atoms with Crippen molar-refractivity contribution in [3.8, 4) is 5.75 Å². The summed E-state index contributed by atoms with van der Waals surface area (Å²) in [6.45, 7) is 8.74. The number of aryl methyl sites for hydroxylation is 1. The molecule has 3 aromatic rings. The molecule has 2 amide bonds. The SMILES string of the molecule is Cc1cccc(CN(C(=O)COc2ccc(C(C)(C)C)cc2)C(Cc2ccccc2)C(=O)NC2CCCCC2)c1. The van der Waals surface area contributed by atoms with Crippen molar-refractivity contribution >= 4 is 11.8 Å². The van der Waals surface area contributed by atoms with Gasteiger partial charge in [-0.1, -0.05) is 112 Å². The Morgan fingerprint density at radius 3 is 2.23 bits per heavy atom. The molecule has 3 aromatic carbocycles. The molecule has 0 spiro atoms. The van der Waals surface area contributed by atoms with Crippen molar-refractivity contribution in [1.29, 1.82) is 0 Å². The van der Waals surface area contributed by atoms with Gasteiger partial charge in [0.2, 0.25) is 5.91 Å². The molecule has 1 saturated carbocycles. The van der Waals surface area contributed by atoms with Gasteiger partial charge in [-0.15, -0.1) is 0 Å². The van der Waals surface area contributed by atoms with E-state index in [9.17, 15) is 9.59 Å². The fraction of sp³-hybridized carbons (Fsp3) is 0.429. The minimum absolute atomic E-state index is 0.0370. The lowest BCUT2D eigenvalue weighted by molar-refractivity contribution is -0.143. The quantitative estimate of drug-likeness (QED) is 0.309. The third-order valence-electron chi connectivity index (χ3n) is 7.74. The van der Waals surface area contributed by atoms with Crippen molar-refractivity contribution in [3.63, 3.8) is 0 Å². The van der Waals surface area contributed by atoms with Gasteiger partial charge in [0.1, 0.15) is 11.8 Å². The van der Waals surface area contributed by atoms with E-state index in [1.165, 1.54) is 12.0 Å². The maximum Gasteiger partial charge on any atom is 0.261 e. The van der Waals surface area contributed by atoms with Crippen LogP contribution in [-0.4, -0.2) is 35.4 Å². The van der Waals surface area contributed by atoms with Gasteiger partial charge in [-0.25, -0.2) is 0 Å². The second-order valence-electron chi connectivity index (χ2n) is 12.1. The van der Waals surface area contributed by atoms with Gasteiger partial charge in [-0.2, -0.15) is 0 Å². The van der Waals surface area contributed by atoms with Crippen LogP contribution in [0, 0.1) is 6.92 Å². The molecule has 4 rings (SSSR count). The molecule has 1 fully saturated rings. The van der Waals surface area contributed by atoms with E-state index in [0.717, 1.165) is 42.4 Å². The van der Waals surface area contributed by atoms with Gasteiger partial charge >= 0.3 is 0 Å². The molecular formula is C35H44N2O3. The molecule has 0 aromatic heterocycles. The normalized spacial score (nSPS) is 14.8. The average Bonchev–Trinajstić information content (AvgIpc) is 2.94. The molecule has 0 radical (unpaired) electrons. The summed E-state index contributed by atoms with van der Waals surface area (Å²) in [4.78, 5) is 29.5. The van der Waals surface area contributed by atoms with Crippen molar-refractivity contribution in [2.75, 3.05) is 6.61 Å². The molecule has 0 heterocycles. The van der Waals surface area contributed by atoms with Crippen molar-refractivity contribution in [2.24, 2.45) is 0 Å². The second kappa shape index (κ2) is 13.6. The highest BCUT2D eigenvalue weighted by Crippen LogP contribution is 2.25. The number of rotatable bonds is 10. The summed E-state index contributed by atoms with van der Waals surface area (Å²) in [6.07, 6.45) is 5.89. The number of hydrogen-bond acceptors (Lipinski definition) is 3. The van der Waals surface area contributed by atoms with Crippen LogP contribution in [0.25, 0.3) is 0 Å². The summed E-state index contributed by atoms with van der Waals surface area (Å²) in [5.41, 5.74) is 4.37. The first-order valence-corrected chi connectivity index (χ1v) is 14.6. The van der Waals surface area contributed by atoms with E-state index in [1.54, 1.807) is 4.90 Å². The van der Waals surface area contributed by atoms with E-state index in [2.05, 4.69) is 32.2 Å². The van der Waals surface area contributed by atoms with Gasteiger partial charge in [-0.3, -0.25) is 9.59 Å². The molecule has 212 valence electrons. The highest BCUT2D eigenvalue weighted by Gasteiger charge is 2.32. The van der Waals surface area contributed by atoms with Crippen molar-refractivity contribution in [3.05, 3.63) is 101 Å². The van der Waals surface area contributed by atoms with Crippen LogP contribution < -0.4 is 10.1 Å². The highest BCUT2D eigenvalue weighted by molar-refractivity contribution is 5.88. The number of nitrogens with one attached hydrogen (secondary N) is 1. The summed E-state index contributed by atoms with van der Waals surface area (Å²) >= 11 is 0. The summed E-state index contributed by atoms with van der Waals surface area (Å²) in [5.74, 6) is 0.343. The Morgan fingerprint density at radius 1 is 0.900 bits per heavy atom. The molecule has 0 aliphatic heterocycles. The van der Waals surface area contributed by atoms with Crippen LogP contribution in [0.2, 0.25) is 0 Å². The third kappa shape index (κ3) is 8.45. The lowest BCUT2D eigenvalue weighted by Gasteiger charge is -2.33. The van der Waals surface area contributed by atoms with Crippen LogP contribution in [0.1, 0.15) is 75.1 Å². The molecule has 1 unspecified atom stereocenters. The fourth-order valence-electron chi connectivity index (χ4n) is 5.38. The van der Waals surface area contributed by atoms with Crippen LogP contribution in [0.15, 0.2) is 78.9 Å². The number of hydrogen-bond donors (Lipinski definition) is 1. The molecule has 1 N–H and O–H groups in total. The Morgan fingerprint density at radius 2 is 1.57 bits per heavy atom. The molecule has 5 heteroatoms. The van der Waals surface area contributed by atoms with Gasteiger partial charge in [0.05, 0.1) is 0 Å². The van der Waals surface area contributed by atoms with Gasteiger partial charge < -0.3 is 15.0 Å². The van der Waals surface area contributed by atoms with E-state index < -0.39 is 6.04 Å². The Hall–Kier alpha value is -3.60. The molecular weight excluding hydrogens is 496 g/mol. The van der Waals surface area contributed by atoms with E-state index in [1.807, 2.05) is 79.7 Å². The maximum atomic E-state index is 13.9. The Kier molecular flexibility index (Phi) is 10.0. The van der Waals surface area contributed by atoms with E-state index in [0.29, 0.717) is 18.7 Å². The fourth-order valence-corrected chi connectivity index (χ4v) is 5.38. The number of benzene rings is 3. The number of carbonyl (C=O) groups is 2. The predicted octanol–water partition coefficient (Wildman–Crippen LogP) is 6.76. The summed E-state index contributed by atoms with van der Waals surface area (Å²) in [6, 6.07) is 25.5. The van der Waals surface area contributed by atoms with Crippen LogP contribution in [0.3, 0.4) is 0 Å². The summed E-state index contributed by atoms with van der Waals surface area (Å²) < 4.78 is 5.99. The van der Waals surface area contributed by atoms with Crippen molar-refractivity contribution < 1.29 is 14.3 Å². The Balaban J connectivity index is 1.59. The molecule has 1 aliphatic rings. The maximum absolute atomic E-state index is 13.9. The molecule has 0 saturated heterocycles. The smallest absolute Gasteiger partial charge is 0.261 e. The second-order valence-corrected chi connectivity index (χ2v) is 12.1. The number of nitrogens with zero attached hydrogens (tertiary/aromatic N) is 1. The van der Waals surface area contributed by atoms with Crippen molar-refractivity contribution in [2.45, 2.75) is 90.3 Å². The molecule has 5 nitrogen and oxygen atoms in total. The number of ether oxygens (including phenoxy) is 1. The van der Waals surface area contributed by atoms with Gasteiger partial charge in [0.25, 0.3) is 5.91 Å². The van der Waals surface area contributed by atoms with Crippen LogP contribution >= 0.6 is 0 Å². The standard InChI is InChI=1S/C35H44N2O3/c1-26-12-11-15-28(22-26)24-37(33(38)25-40-31-20-18-29(19-21-31)35(2,3)4)32(23-27-13-7-5-8-14-27)34(39)36-30-16-9-6-10-17-30/h5,7-8,11-15,18-22,30,32H,6,9-10,16-17,23-25H2,1-4H3,(H,36,39). The molecule has 1 atom stereocenters. The molecule has 40 heavy (non-hydrogen) atoms. The van der Waals surface area contributed by atoms with E-state index in [4.69, 9.17) is 4.74 Å². The molecule has 1 aliphatic carbocycles.